The van der Waals surface area contributed by atoms with Crippen LogP contribution in [0.15, 0.2) is 48.5 Å². The van der Waals surface area contributed by atoms with E-state index in [2.05, 4.69) is 10.1 Å². The number of ether oxygens (including phenoxy) is 3. The average molecular weight is 335 g/mol. The summed E-state index contributed by atoms with van der Waals surface area (Å²) in [5.74, 6) is 0.808. The Bertz CT molecular complexity index is 723. The standard InChI is InChI=1S/C17H15F2NO4/c18-17(19)23-12-5-3-4-11(8-12)9-20-16(21)15-10-22-13-6-1-2-7-14(13)24-15/h1-8,15,17H,9-10H2,(H,20,21). The van der Waals surface area contributed by atoms with Crippen LogP contribution in [0.5, 0.6) is 17.2 Å². The van der Waals surface area contributed by atoms with Gasteiger partial charge in [0.2, 0.25) is 6.10 Å². The van der Waals surface area contributed by atoms with Gasteiger partial charge in [-0.1, -0.05) is 24.3 Å². The first kappa shape index (κ1) is 16.0. The number of fused-ring (bicyclic) bond motifs is 1. The van der Waals surface area contributed by atoms with Gasteiger partial charge in [-0.05, 0) is 29.8 Å². The van der Waals surface area contributed by atoms with Crippen LogP contribution in [0.25, 0.3) is 0 Å². The lowest BCUT2D eigenvalue weighted by Crippen LogP contribution is -2.43. The zero-order valence-corrected chi connectivity index (χ0v) is 12.6. The predicted octanol–water partition coefficient (Wildman–Crippen LogP) is 2.74. The van der Waals surface area contributed by atoms with Crippen molar-refractivity contribution in [1.82, 2.24) is 5.32 Å². The molecule has 0 saturated carbocycles. The molecule has 0 saturated heterocycles. The third-order valence-corrected chi connectivity index (χ3v) is 3.39. The molecule has 0 fully saturated rings. The Morgan fingerprint density at radius 3 is 2.79 bits per heavy atom. The van der Waals surface area contributed by atoms with E-state index in [-0.39, 0.29) is 24.8 Å². The topological polar surface area (TPSA) is 56.8 Å². The molecular weight excluding hydrogens is 320 g/mol. The molecule has 3 rings (SSSR count). The van der Waals surface area contributed by atoms with Crippen LogP contribution < -0.4 is 19.5 Å². The van der Waals surface area contributed by atoms with Crippen LogP contribution in [0.3, 0.4) is 0 Å². The summed E-state index contributed by atoms with van der Waals surface area (Å²) < 4.78 is 39.8. The van der Waals surface area contributed by atoms with Gasteiger partial charge in [-0.25, -0.2) is 0 Å². The second kappa shape index (κ2) is 7.16. The minimum Gasteiger partial charge on any atom is -0.485 e. The first-order chi connectivity index (χ1) is 11.6. The van der Waals surface area contributed by atoms with Gasteiger partial charge in [0.1, 0.15) is 12.4 Å². The maximum atomic E-state index is 12.2. The highest BCUT2D eigenvalue weighted by Gasteiger charge is 2.26. The SMILES string of the molecule is O=C(NCc1cccc(OC(F)F)c1)C1COc2ccccc2O1. The van der Waals surface area contributed by atoms with Crippen molar-refractivity contribution in [2.24, 2.45) is 0 Å². The van der Waals surface area contributed by atoms with Crippen molar-refractivity contribution in [2.45, 2.75) is 19.3 Å². The maximum absolute atomic E-state index is 12.2. The predicted molar refractivity (Wildman–Crippen MR) is 81.3 cm³/mol. The smallest absolute Gasteiger partial charge is 0.387 e. The Morgan fingerprint density at radius 2 is 2.00 bits per heavy atom. The normalized spacial score (nSPS) is 15.9. The molecule has 0 aliphatic carbocycles. The van der Waals surface area contributed by atoms with Crippen molar-refractivity contribution in [2.75, 3.05) is 6.61 Å². The van der Waals surface area contributed by atoms with Gasteiger partial charge in [0.05, 0.1) is 0 Å². The monoisotopic (exact) mass is 335 g/mol. The number of carbonyl (C=O) groups is 1. The zero-order valence-electron chi connectivity index (χ0n) is 12.6. The molecule has 2 aromatic rings. The molecule has 0 bridgehead atoms. The Balaban J connectivity index is 1.56. The van der Waals surface area contributed by atoms with Gasteiger partial charge in [-0.15, -0.1) is 0 Å². The molecule has 7 heteroatoms. The summed E-state index contributed by atoms with van der Waals surface area (Å²) in [7, 11) is 0. The molecule has 0 radical (unpaired) electrons. The van der Waals surface area contributed by atoms with E-state index >= 15 is 0 Å². The van der Waals surface area contributed by atoms with Crippen molar-refractivity contribution >= 4 is 5.91 Å². The van der Waals surface area contributed by atoms with Gasteiger partial charge in [-0.2, -0.15) is 8.78 Å². The lowest BCUT2D eigenvalue weighted by Gasteiger charge is -2.25. The van der Waals surface area contributed by atoms with Gasteiger partial charge in [0.25, 0.3) is 5.91 Å². The van der Waals surface area contributed by atoms with Gasteiger partial charge >= 0.3 is 6.61 Å². The van der Waals surface area contributed by atoms with E-state index in [4.69, 9.17) is 9.47 Å². The number of rotatable bonds is 5. The number of carbonyl (C=O) groups excluding carboxylic acids is 1. The quantitative estimate of drug-likeness (QED) is 0.913. The van der Waals surface area contributed by atoms with Crippen LogP contribution in [-0.2, 0) is 11.3 Å². The van der Waals surface area contributed by atoms with Crippen LogP contribution in [-0.4, -0.2) is 25.2 Å². The molecule has 1 aliphatic heterocycles. The summed E-state index contributed by atoms with van der Waals surface area (Å²) >= 11 is 0. The molecule has 0 aromatic heterocycles. The largest absolute Gasteiger partial charge is 0.485 e. The Morgan fingerprint density at radius 1 is 1.21 bits per heavy atom. The Labute approximate surface area is 137 Å². The van der Waals surface area contributed by atoms with E-state index < -0.39 is 12.7 Å². The van der Waals surface area contributed by atoms with Gasteiger partial charge in [0, 0.05) is 6.54 Å². The molecule has 1 aliphatic rings. The number of halogens is 2. The minimum atomic E-state index is -2.89. The highest BCUT2D eigenvalue weighted by atomic mass is 19.3. The van der Waals surface area contributed by atoms with Gasteiger partial charge in [-0.3, -0.25) is 4.79 Å². The fourth-order valence-electron chi connectivity index (χ4n) is 2.28. The molecule has 0 spiro atoms. The summed E-state index contributed by atoms with van der Waals surface area (Å²) in [5, 5.41) is 2.69. The fraction of sp³-hybridized carbons (Fsp3) is 0.235. The van der Waals surface area contributed by atoms with Crippen molar-refractivity contribution in [3.63, 3.8) is 0 Å². The highest BCUT2D eigenvalue weighted by molar-refractivity contribution is 5.81. The lowest BCUT2D eigenvalue weighted by atomic mass is 10.2. The zero-order chi connectivity index (χ0) is 16.9. The third kappa shape index (κ3) is 3.92. The van der Waals surface area contributed by atoms with E-state index in [1.807, 2.05) is 6.07 Å². The summed E-state index contributed by atoms with van der Waals surface area (Å²) in [5.41, 5.74) is 0.638. The molecule has 1 heterocycles. The molecule has 1 unspecified atom stereocenters. The Hall–Kier alpha value is -2.83. The molecular formula is C17H15F2NO4. The lowest BCUT2D eigenvalue weighted by molar-refractivity contribution is -0.130. The molecule has 1 N–H and O–H groups in total. The number of hydrogen-bond donors (Lipinski definition) is 1. The number of benzene rings is 2. The van der Waals surface area contributed by atoms with Gasteiger partial charge in [0.15, 0.2) is 11.5 Å². The van der Waals surface area contributed by atoms with Crippen LogP contribution in [0.2, 0.25) is 0 Å². The van der Waals surface area contributed by atoms with Crippen LogP contribution >= 0.6 is 0 Å². The minimum absolute atomic E-state index is 0.0444. The first-order valence-electron chi connectivity index (χ1n) is 7.32. The molecule has 1 amide bonds. The Kier molecular flexibility index (Phi) is 4.79. The van der Waals surface area contributed by atoms with Crippen molar-refractivity contribution in [1.29, 1.82) is 0 Å². The van der Waals surface area contributed by atoms with Gasteiger partial charge < -0.3 is 19.5 Å². The van der Waals surface area contributed by atoms with E-state index in [0.717, 1.165) is 0 Å². The fourth-order valence-corrected chi connectivity index (χ4v) is 2.28. The number of hydrogen-bond acceptors (Lipinski definition) is 4. The molecule has 1 atom stereocenters. The molecule has 24 heavy (non-hydrogen) atoms. The second-order valence-electron chi connectivity index (χ2n) is 5.11. The summed E-state index contributed by atoms with van der Waals surface area (Å²) in [6, 6.07) is 13.2. The van der Waals surface area contributed by atoms with Crippen LogP contribution in [0.1, 0.15) is 5.56 Å². The number of alkyl halides is 2. The number of nitrogens with one attached hydrogen (secondary N) is 1. The van der Waals surface area contributed by atoms with Crippen LogP contribution in [0, 0.1) is 0 Å². The maximum Gasteiger partial charge on any atom is 0.387 e. The molecule has 5 nitrogen and oxygen atoms in total. The van der Waals surface area contributed by atoms with Crippen LogP contribution in [0.4, 0.5) is 8.78 Å². The average Bonchev–Trinajstić information content (AvgIpc) is 2.59. The van der Waals surface area contributed by atoms with E-state index in [1.165, 1.54) is 12.1 Å². The van der Waals surface area contributed by atoms with Crippen molar-refractivity contribution in [3.8, 4) is 17.2 Å². The summed E-state index contributed by atoms with van der Waals surface area (Å²) in [6.07, 6.45) is -0.764. The number of para-hydroxylation sites is 2. The second-order valence-corrected chi connectivity index (χ2v) is 5.11. The van der Waals surface area contributed by atoms with Crippen molar-refractivity contribution < 1.29 is 27.8 Å². The van der Waals surface area contributed by atoms with Crippen molar-refractivity contribution in [3.05, 3.63) is 54.1 Å². The molecule has 2 aromatic carbocycles. The summed E-state index contributed by atoms with van der Waals surface area (Å²) in [6.45, 7) is -2.61. The van der Waals surface area contributed by atoms with E-state index in [9.17, 15) is 13.6 Å². The summed E-state index contributed by atoms with van der Waals surface area (Å²) in [4.78, 5) is 12.2. The molecule has 126 valence electrons. The third-order valence-electron chi connectivity index (χ3n) is 3.39. The van der Waals surface area contributed by atoms with E-state index in [0.29, 0.717) is 17.1 Å². The van der Waals surface area contributed by atoms with E-state index in [1.54, 1.807) is 30.3 Å². The first-order valence-corrected chi connectivity index (χ1v) is 7.32. The number of amides is 1. The highest BCUT2D eigenvalue weighted by Crippen LogP contribution is 2.30.